The van der Waals surface area contributed by atoms with Gasteiger partial charge in [-0.3, -0.25) is 4.79 Å². The quantitative estimate of drug-likeness (QED) is 0.856. The van der Waals surface area contributed by atoms with E-state index in [1.54, 1.807) is 23.1 Å². The summed E-state index contributed by atoms with van der Waals surface area (Å²) in [4.78, 5) is 18.6. The molecular weight excluding hydrogens is 336 g/mol. The summed E-state index contributed by atoms with van der Waals surface area (Å²) < 4.78 is 5.66. The number of hydrogen-bond acceptors (Lipinski definition) is 6. The lowest BCUT2D eigenvalue weighted by Crippen LogP contribution is -2.21. The number of thiophene rings is 1. The molecule has 2 aromatic rings. The molecule has 22 heavy (non-hydrogen) atoms. The van der Waals surface area contributed by atoms with Crippen LogP contribution in [0.4, 0.5) is 0 Å². The summed E-state index contributed by atoms with van der Waals surface area (Å²) in [5.41, 5.74) is 0.929. The Balaban J connectivity index is 1.54. The van der Waals surface area contributed by atoms with Crippen LogP contribution < -0.4 is 5.32 Å². The van der Waals surface area contributed by atoms with Crippen LogP contribution in [0.25, 0.3) is 0 Å². The maximum Gasteiger partial charge on any atom is 0.261 e. The van der Waals surface area contributed by atoms with Crippen LogP contribution in [0, 0.1) is 0 Å². The Morgan fingerprint density at radius 2 is 2.45 bits per heavy atom. The van der Waals surface area contributed by atoms with E-state index < -0.39 is 0 Å². The Hall–Kier alpha value is -0.890. The molecule has 1 saturated heterocycles. The molecule has 1 N–H and O–H groups in total. The van der Waals surface area contributed by atoms with Gasteiger partial charge < -0.3 is 10.1 Å². The largest absolute Gasteiger partial charge is 0.373 e. The molecule has 0 unspecified atom stereocenters. The van der Waals surface area contributed by atoms with E-state index in [2.05, 4.69) is 16.6 Å². The number of nitrogens with one attached hydrogen (secondary N) is 1. The Kier molecular flexibility index (Phi) is 5.51. The average Bonchev–Trinajstić information content (AvgIpc) is 3.25. The second-order valence-electron chi connectivity index (χ2n) is 5.05. The number of nitrogens with zero attached hydrogens (tertiary/aromatic N) is 1. The van der Waals surface area contributed by atoms with E-state index in [1.807, 2.05) is 17.5 Å². The van der Waals surface area contributed by atoms with Gasteiger partial charge in [0.05, 0.1) is 23.2 Å². The van der Waals surface area contributed by atoms with E-state index in [-0.39, 0.29) is 12.0 Å². The van der Waals surface area contributed by atoms with E-state index in [4.69, 9.17) is 4.74 Å². The van der Waals surface area contributed by atoms with Gasteiger partial charge in [0, 0.05) is 22.6 Å². The Labute approximate surface area is 142 Å². The van der Waals surface area contributed by atoms with Crippen molar-refractivity contribution >= 4 is 40.3 Å². The van der Waals surface area contributed by atoms with Crippen molar-refractivity contribution in [3.05, 3.63) is 38.0 Å². The maximum atomic E-state index is 12.2. The summed E-state index contributed by atoms with van der Waals surface area (Å²) in [7, 11) is 0. The van der Waals surface area contributed by atoms with E-state index in [1.165, 1.54) is 11.3 Å². The maximum absolute atomic E-state index is 12.2. The smallest absolute Gasteiger partial charge is 0.261 e. The van der Waals surface area contributed by atoms with E-state index in [0.717, 1.165) is 45.7 Å². The van der Waals surface area contributed by atoms with Gasteiger partial charge in [0.1, 0.15) is 5.01 Å². The Morgan fingerprint density at radius 3 is 3.23 bits per heavy atom. The summed E-state index contributed by atoms with van der Waals surface area (Å²) >= 11 is 4.93. The first-order valence-electron chi connectivity index (χ1n) is 7.18. The molecule has 1 aliphatic rings. The van der Waals surface area contributed by atoms with Crippen molar-refractivity contribution in [1.82, 2.24) is 10.3 Å². The number of aromatic nitrogens is 1. The molecule has 1 aliphatic heterocycles. The lowest BCUT2D eigenvalue weighted by molar-refractivity contribution is 0.0954. The highest BCUT2D eigenvalue weighted by Gasteiger charge is 2.20. The standard InChI is InChI=1S/C15H18N2O2S3/c1-20-9-14-17-10(8-21-14)7-16-15(18)13-5-4-12(22-13)11-3-2-6-19-11/h4-5,8,11H,2-3,6-7,9H2,1H3,(H,16,18)/t11-/m0/s1. The average molecular weight is 355 g/mol. The first kappa shape index (κ1) is 16.0. The summed E-state index contributed by atoms with van der Waals surface area (Å²) in [5, 5.41) is 6.06. The summed E-state index contributed by atoms with van der Waals surface area (Å²) in [6.07, 6.45) is 4.40. The molecule has 4 nitrogen and oxygen atoms in total. The van der Waals surface area contributed by atoms with Crippen molar-refractivity contribution in [3.8, 4) is 0 Å². The zero-order valence-electron chi connectivity index (χ0n) is 12.3. The molecule has 0 radical (unpaired) electrons. The number of thioether (sulfide) groups is 1. The van der Waals surface area contributed by atoms with Crippen molar-refractivity contribution in [2.45, 2.75) is 31.2 Å². The van der Waals surface area contributed by atoms with Crippen molar-refractivity contribution in [2.24, 2.45) is 0 Å². The molecule has 0 spiro atoms. The fraction of sp³-hybridized carbons (Fsp3) is 0.467. The van der Waals surface area contributed by atoms with Crippen LogP contribution in [-0.2, 0) is 17.0 Å². The third kappa shape index (κ3) is 3.90. The number of ether oxygens (including phenoxy) is 1. The third-order valence-electron chi connectivity index (χ3n) is 3.39. The summed E-state index contributed by atoms with van der Waals surface area (Å²) in [6, 6.07) is 3.90. The van der Waals surface area contributed by atoms with Crippen molar-refractivity contribution in [1.29, 1.82) is 0 Å². The van der Waals surface area contributed by atoms with Crippen LogP contribution in [0.3, 0.4) is 0 Å². The van der Waals surface area contributed by atoms with Crippen LogP contribution in [0.5, 0.6) is 0 Å². The fourth-order valence-corrected chi connectivity index (χ4v) is 4.85. The molecule has 0 aliphatic carbocycles. The molecule has 3 heterocycles. The molecule has 3 rings (SSSR count). The molecule has 1 fully saturated rings. The van der Waals surface area contributed by atoms with Gasteiger partial charge in [0.25, 0.3) is 5.91 Å². The van der Waals surface area contributed by atoms with E-state index in [0.29, 0.717) is 6.54 Å². The lowest BCUT2D eigenvalue weighted by atomic mass is 10.2. The first-order valence-corrected chi connectivity index (χ1v) is 10.3. The molecule has 7 heteroatoms. The van der Waals surface area contributed by atoms with Crippen LogP contribution in [0.1, 0.15) is 44.2 Å². The third-order valence-corrected chi connectivity index (χ3v) is 6.21. The summed E-state index contributed by atoms with van der Waals surface area (Å²) in [6.45, 7) is 1.31. The van der Waals surface area contributed by atoms with Gasteiger partial charge in [-0.15, -0.1) is 22.7 Å². The molecular formula is C15H18N2O2S3. The van der Waals surface area contributed by atoms with Crippen molar-refractivity contribution in [2.75, 3.05) is 12.9 Å². The zero-order valence-corrected chi connectivity index (χ0v) is 14.8. The first-order chi connectivity index (χ1) is 10.8. The molecule has 0 bridgehead atoms. The van der Waals surface area contributed by atoms with E-state index in [9.17, 15) is 4.79 Å². The predicted octanol–water partition coefficient (Wildman–Crippen LogP) is 3.85. The highest BCUT2D eigenvalue weighted by atomic mass is 32.2. The van der Waals surface area contributed by atoms with Gasteiger partial charge in [0.2, 0.25) is 0 Å². The topological polar surface area (TPSA) is 51.2 Å². The second kappa shape index (κ2) is 7.59. The Morgan fingerprint density at radius 1 is 1.55 bits per heavy atom. The van der Waals surface area contributed by atoms with Gasteiger partial charge in [-0.05, 0) is 31.2 Å². The zero-order chi connectivity index (χ0) is 15.4. The molecule has 0 aromatic carbocycles. The number of rotatable bonds is 6. The lowest BCUT2D eigenvalue weighted by Gasteiger charge is -2.05. The predicted molar refractivity (Wildman–Crippen MR) is 92.7 cm³/mol. The minimum Gasteiger partial charge on any atom is -0.373 e. The Bertz CT molecular complexity index is 632. The highest BCUT2D eigenvalue weighted by Crippen LogP contribution is 2.33. The number of amides is 1. The van der Waals surface area contributed by atoms with Gasteiger partial charge in [-0.2, -0.15) is 11.8 Å². The number of hydrogen-bond donors (Lipinski definition) is 1. The van der Waals surface area contributed by atoms with E-state index >= 15 is 0 Å². The molecule has 0 saturated carbocycles. The van der Waals surface area contributed by atoms with Gasteiger partial charge in [0.15, 0.2) is 0 Å². The monoisotopic (exact) mass is 354 g/mol. The SMILES string of the molecule is CSCc1nc(CNC(=O)c2ccc([C@@H]3CCCO3)s2)cs1. The van der Waals surface area contributed by atoms with Gasteiger partial charge in [-0.25, -0.2) is 4.98 Å². The molecule has 2 aromatic heterocycles. The number of carbonyl (C=O) groups excluding carboxylic acids is 1. The molecule has 1 atom stereocenters. The van der Waals surface area contributed by atoms with Gasteiger partial charge >= 0.3 is 0 Å². The van der Waals surface area contributed by atoms with Crippen molar-refractivity contribution in [3.63, 3.8) is 0 Å². The van der Waals surface area contributed by atoms with Crippen molar-refractivity contribution < 1.29 is 9.53 Å². The highest BCUT2D eigenvalue weighted by molar-refractivity contribution is 7.97. The molecule has 1 amide bonds. The normalized spacial score (nSPS) is 17.8. The number of carbonyl (C=O) groups is 1. The van der Waals surface area contributed by atoms with Crippen LogP contribution in [0.15, 0.2) is 17.5 Å². The summed E-state index contributed by atoms with van der Waals surface area (Å²) in [5.74, 6) is 0.891. The van der Waals surface area contributed by atoms with Gasteiger partial charge in [-0.1, -0.05) is 0 Å². The van der Waals surface area contributed by atoms with Crippen LogP contribution in [-0.4, -0.2) is 23.8 Å². The minimum absolute atomic E-state index is 0.0336. The number of thiazole rings is 1. The second-order valence-corrected chi connectivity index (χ2v) is 7.98. The minimum atomic E-state index is -0.0336. The molecule has 118 valence electrons. The van der Waals surface area contributed by atoms with Crippen LogP contribution in [0.2, 0.25) is 0 Å². The van der Waals surface area contributed by atoms with Crippen LogP contribution >= 0.6 is 34.4 Å². The fourth-order valence-electron chi connectivity index (χ4n) is 2.33.